The molecule has 2 N–H and O–H groups in total. The van der Waals surface area contributed by atoms with Crippen LogP contribution in [0.1, 0.15) is 35.2 Å². The molecule has 1 amide bonds. The van der Waals surface area contributed by atoms with Gasteiger partial charge in [-0.05, 0) is 24.8 Å². The molecule has 23 heavy (non-hydrogen) atoms. The van der Waals surface area contributed by atoms with E-state index in [-0.39, 0.29) is 17.9 Å². The summed E-state index contributed by atoms with van der Waals surface area (Å²) < 4.78 is 1.72. The number of benzene rings is 1. The van der Waals surface area contributed by atoms with Crippen LogP contribution in [0.25, 0.3) is 0 Å². The predicted molar refractivity (Wildman–Crippen MR) is 84.0 cm³/mol. The summed E-state index contributed by atoms with van der Waals surface area (Å²) in [6.07, 6.45) is 5.08. The van der Waals surface area contributed by atoms with Crippen molar-refractivity contribution in [3.63, 3.8) is 0 Å². The van der Waals surface area contributed by atoms with Crippen LogP contribution in [0, 0.1) is 5.92 Å². The molecule has 2 atom stereocenters. The summed E-state index contributed by atoms with van der Waals surface area (Å²) in [5.74, 6) is -1.32. The van der Waals surface area contributed by atoms with Crippen molar-refractivity contribution in [2.75, 3.05) is 0 Å². The summed E-state index contributed by atoms with van der Waals surface area (Å²) in [5, 5.41) is 16.1. The van der Waals surface area contributed by atoms with Crippen molar-refractivity contribution in [1.82, 2.24) is 15.1 Å². The minimum absolute atomic E-state index is 0.0685. The summed E-state index contributed by atoms with van der Waals surface area (Å²) in [7, 11) is 0. The zero-order valence-corrected chi connectivity index (χ0v) is 12.7. The maximum atomic E-state index is 12.2. The van der Waals surface area contributed by atoms with Crippen LogP contribution in [0.2, 0.25) is 0 Å². The minimum atomic E-state index is -0.780. The number of aliphatic carboxylic acids is 1. The first-order valence-corrected chi connectivity index (χ1v) is 7.72. The molecule has 6 nitrogen and oxygen atoms in total. The quantitative estimate of drug-likeness (QED) is 0.883. The van der Waals surface area contributed by atoms with E-state index in [0.29, 0.717) is 31.4 Å². The van der Waals surface area contributed by atoms with Crippen LogP contribution in [-0.4, -0.2) is 32.8 Å². The Morgan fingerprint density at radius 1 is 1.26 bits per heavy atom. The Balaban J connectivity index is 1.57. The largest absolute Gasteiger partial charge is 0.481 e. The molecular formula is C17H19N3O3. The van der Waals surface area contributed by atoms with Gasteiger partial charge in [0.1, 0.15) is 0 Å². The van der Waals surface area contributed by atoms with Gasteiger partial charge in [-0.2, -0.15) is 5.10 Å². The van der Waals surface area contributed by atoms with Crippen LogP contribution < -0.4 is 5.32 Å². The van der Waals surface area contributed by atoms with Gasteiger partial charge >= 0.3 is 5.97 Å². The number of carbonyl (C=O) groups is 2. The number of carboxylic acids is 1. The van der Waals surface area contributed by atoms with Gasteiger partial charge in [-0.1, -0.05) is 30.3 Å². The number of hydrogen-bond acceptors (Lipinski definition) is 3. The summed E-state index contributed by atoms with van der Waals surface area (Å²) in [6.45, 7) is 0.610. The number of nitrogens with one attached hydrogen (secondary N) is 1. The number of carboxylic acid groups (broad SMARTS) is 1. The zero-order valence-electron chi connectivity index (χ0n) is 12.7. The molecule has 1 aromatic heterocycles. The third-order valence-corrected chi connectivity index (χ3v) is 4.20. The molecule has 0 unspecified atom stereocenters. The second-order valence-electron chi connectivity index (χ2n) is 5.93. The number of carbonyl (C=O) groups excluding carboxylic acids is 1. The Labute approximate surface area is 134 Å². The SMILES string of the molecule is O=C(N[C@H]1CC[C@H](C(=O)O)C1)c1cnn(Cc2ccccc2)c1. The summed E-state index contributed by atoms with van der Waals surface area (Å²) in [4.78, 5) is 23.2. The number of amides is 1. The number of rotatable bonds is 5. The molecular weight excluding hydrogens is 294 g/mol. The van der Waals surface area contributed by atoms with E-state index in [1.165, 1.54) is 0 Å². The minimum Gasteiger partial charge on any atom is -0.481 e. The second-order valence-corrected chi connectivity index (χ2v) is 5.93. The van der Waals surface area contributed by atoms with Crippen molar-refractivity contribution >= 4 is 11.9 Å². The van der Waals surface area contributed by atoms with Gasteiger partial charge < -0.3 is 10.4 Å². The molecule has 1 heterocycles. The van der Waals surface area contributed by atoms with E-state index >= 15 is 0 Å². The van der Waals surface area contributed by atoms with Gasteiger partial charge in [0, 0.05) is 12.2 Å². The molecule has 1 aromatic carbocycles. The third-order valence-electron chi connectivity index (χ3n) is 4.20. The van der Waals surface area contributed by atoms with Gasteiger partial charge in [0.05, 0.1) is 24.2 Å². The topological polar surface area (TPSA) is 84.2 Å². The fourth-order valence-electron chi connectivity index (χ4n) is 2.94. The Hall–Kier alpha value is -2.63. The molecule has 1 aliphatic carbocycles. The summed E-state index contributed by atoms with van der Waals surface area (Å²) in [5.41, 5.74) is 1.61. The molecule has 0 spiro atoms. The third kappa shape index (κ3) is 3.77. The maximum absolute atomic E-state index is 12.2. The van der Waals surface area contributed by atoms with Crippen molar-refractivity contribution in [2.45, 2.75) is 31.8 Å². The lowest BCUT2D eigenvalue weighted by molar-refractivity contribution is -0.141. The van der Waals surface area contributed by atoms with E-state index < -0.39 is 5.97 Å². The van der Waals surface area contributed by atoms with Gasteiger partial charge in [-0.3, -0.25) is 14.3 Å². The number of aromatic nitrogens is 2. The number of nitrogens with zero attached hydrogens (tertiary/aromatic N) is 2. The molecule has 1 saturated carbocycles. The van der Waals surface area contributed by atoms with E-state index in [1.54, 1.807) is 17.1 Å². The van der Waals surface area contributed by atoms with Gasteiger partial charge in [-0.15, -0.1) is 0 Å². The molecule has 0 aliphatic heterocycles. The smallest absolute Gasteiger partial charge is 0.306 e. The van der Waals surface area contributed by atoms with Crippen LogP contribution >= 0.6 is 0 Å². The fourth-order valence-corrected chi connectivity index (χ4v) is 2.94. The Morgan fingerprint density at radius 2 is 2.04 bits per heavy atom. The molecule has 1 aliphatic rings. The van der Waals surface area contributed by atoms with E-state index in [2.05, 4.69) is 10.4 Å². The monoisotopic (exact) mass is 313 g/mol. The van der Waals surface area contributed by atoms with Crippen LogP contribution in [0.4, 0.5) is 0 Å². The summed E-state index contributed by atoms with van der Waals surface area (Å²) >= 11 is 0. The molecule has 0 saturated heterocycles. The lowest BCUT2D eigenvalue weighted by Crippen LogP contribution is -2.33. The van der Waals surface area contributed by atoms with E-state index in [1.807, 2.05) is 30.3 Å². The van der Waals surface area contributed by atoms with Crippen molar-refractivity contribution in [3.05, 3.63) is 53.9 Å². The first kappa shape index (κ1) is 15.3. The lowest BCUT2D eigenvalue weighted by atomic mass is 10.1. The van der Waals surface area contributed by atoms with Gasteiger partial charge in [0.25, 0.3) is 5.91 Å². The fraction of sp³-hybridized carbons (Fsp3) is 0.353. The highest BCUT2D eigenvalue weighted by Gasteiger charge is 2.30. The Kier molecular flexibility index (Phi) is 4.41. The second kappa shape index (κ2) is 6.64. The van der Waals surface area contributed by atoms with E-state index in [0.717, 1.165) is 5.56 Å². The lowest BCUT2D eigenvalue weighted by Gasteiger charge is -2.11. The molecule has 0 bridgehead atoms. The molecule has 2 aromatic rings. The molecule has 3 rings (SSSR count). The first-order valence-electron chi connectivity index (χ1n) is 7.72. The van der Waals surface area contributed by atoms with Crippen molar-refractivity contribution in [3.8, 4) is 0 Å². The van der Waals surface area contributed by atoms with Crippen molar-refractivity contribution in [2.24, 2.45) is 5.92 Å². The van der Waals surface area contributed by atoms with Gasteiger partial charge in [0.2, 0.25) is 0 Å². The highest BCUT2D eigenvalue weighted by molar-refractivity contribution is 5.94. The van der Waals surface area contributed by atoms with Crippen LogP contribution in [0.15, 0.2) is 42.7 Å². The molecule has 0 radical (unpaired) electrons. The standard InChI is InChI=1S/C17H19N3O3/c21-16(19-15-7-6-13(8-15)17(22)23)14-9-18-20(11-14)10-12-4-2-1-3-5-12/h1-5,9,11,13,15H,6-8,10H2,(H,19,21)(H,22,23)/t13-,15-/m0/s1. The van der Waals surface area contributed by atoms with Crippen molar-refractivity contribution in [1.29, 1.82) is 0 Å². The molecule has 1 fully saturated rings. The number of hydrogen-bond donors (Lipinski definition) is 2. The van der Waals surface area contributed by atoms with Gasteiger partial charge in [-0.25, -0.2) is 0 Å². The van der Waals surface area contributed by atoms with E-state index in [4.69, 9.17) is 5.11 Å². The van der Waals surface area contributed by atoms with Crippen LogP contribution in [0.5, 0.6) is 0 Å². The normalized spacial score (nSPS) is 20.3. The van der Waals surface area contributed by atoms with Crippen molar-refractivity contribution < 1.29 is 14.7 Å². The van der Waals surface area contributed by atoms with E-state index in [9.17, 15) is 9.59 Å². The average molecular weight is 313 g/mol. The zero-order chi connectivity index (χ0) is 16.2. The highest BCUT2D eigenvalue weighted by atomic mass is 16.4. The highest BCUT2D eigenvalue weighted by Crippen LogP contribution is 2.25. The first-order chi connectivity index (χ1) is 11.1. The van der Waals surface area contributed by atoms with Crippen LogP contribution in [0.3, 0.4) is 0 Å². The van der Waals surface area contributed by atoms with Crippen LogP contribution in [-0.2, 0) is 11.3 Å². The predicted octanol–water partition coefficient (Wildman–Crippen LogP) is 1.91. The Morgan fingerprint density at radius 3 is 2.74 bits per heavy atom. The summed E-state index contributed by atoms with van der Waals surface area (Å²) in [6, 6.07) is 9.83. The molecule has 6 heteroatoms. The average Bonchev–Trinajstić information content (AvgIpc) is 3.18. The molecule has 120 valence electrons. The Bertz CT molecular complexity index is 696. The maximum Gasteiger partial charge on any atom is 0.306 e. The van der Waals surface area contributed by atoms with Gasteiger partial charge in [0.15, 0.2) is 0 Å².